The maximum Gasteiger partial charge on any atom is 0.0917 e. The molecule has 2 aromatic carbocycles. The number of aliphatic hydroxyl groups is 2. The van der Waals surface area contributed by atoms with Crippen LogP contribution in [0.1, 0.15) is 34.1 Å². The van der Waals surface area contributed by atoms with Crippen LogP contribution in [0.15, 0.2) is 48.5 Å². The molecule has 0 fully saturated rings. The van der Waals surface area contributed by atoms with E-state index in [-0.39, 0.29) is 11.8 Å². The van der Waals surface area contributed by atoms with Gasteiger partial charge in [-0.25, -0.2) is 0 Å². The van der Waals surface area contributed by atoms with Gasteiger partial charge in [-0.15, -0.1) is 0 Å². The molecule has 0 aliphatic heterocycles. The van der Waals surface area contributed by atoms with Crippen molar-refractivity contribution in [2.24, 2.45) is 0 Å². The van der Waals surface area contributed by atoms with Crippen LogP contribution in [0.25, 0.3) is 0 Å². The Morgan fingerprint density at radius 2 is 0.833 bits per heavy atom. The number of benzene rings is 2. The molecule has 2 aromatic rings. The van der Waals surface area contributed by atoms with Crippen LogP contribution in [-0.2, 0) is 0 Å². The number of hydrogen-bond acceptors (Lipinski definition) is 2. The van der Waals surface area contributed by atoms with E-state index in [0.29, 0.717) is 0 Å². The molecule has 90 valence electrons. The predicted octanol–water partition coefficient (Wildman–Crippen LogP) is 2.00. The lowest BCUT2D eigenvalue weighted by Gasteiger charge is -2.46. The first-order valence-electron chi connectivity index (χ1n) is 6.33. The summed E-state index contributed by atoms with van der Waals surface area (Å²) in [4.78, 5) is 0. The lowest BCUT2D eigenvalue weighted by Crippen LogP contribution is -2.47. The van der Waals surface area contributed by atoms with Gasteiger partial charge in [0.05, 0.1) is 12.2 Å². The summed E-state index contributed by atoms with van der Waals surface area (Å²) in [5, 5.41) is 20.6. The highest BCUT2D eigenvalue weighted by atomic mass is 16.3. The highest BCUT2D eigenvalue weighted by Crippen LogP contribution is 2.52. The third kappa shape index (κ3) is 1.10. The van der Waals surface area contributed by atoms with Crippen molar-refractivity contribution in [1.82, 2.24) is 0 Å². The van der Waals surface area contributed by atoms with Crippen molar-refractivity contribution in [2.75, 3.05) is 0 Å². The van der Waals surface area contributed by atoms with Crippen LogP contribution in [0, 0.1) is 0 Å². The maximum absolute atomic E-state index is 10.3. The molecule has 2 heteroatoms. The molecule has 2 bridgehead atoms. The van der Waals surface area contributed by atoms with Gasteiger partial charge in [0.2, 0.25) is 0 Å². The zero-order chi connectivity index (χ0) is 12.3. The minimum atomic E-state index is -0.695. The average molecular weight is 238 g/mol. The molecule has 18 heavy (non-hydrogen) atoms. The first kappa shape index (κ1) is 10.3. The van der Waals surface area contributed by atoms with E-state index in [1.807, 2.05) is 24.3 Å². The number of hydrogen-bond donors (Lipinski definition) is 2. The maximum atomic E-state index is 10.3. The van der Waals surface area contributed by atoms with Crippen molar-refractivity contribution in [3.63, 3.8) is 0 Å². The van der Waals surface area contributed by atoms with E-state index in [4.69, 9.17) is 0 Å². The van der Waals surface area contributed by atoms with Gasteiger partial charge in [0.25, 0.3) is 0 Å². The Kier molecular flexibility index (Phi) is 1.97. The van der Waals surface area contributed by atoms with E-state index in [9.17, 15) is 10.2 Å². The van der Waals surface area contributed by atoms with Crippen LogP contribution in [0.4, 0.5) is 0 Å². The molecule has 0 aromatic heterocycles. The van der Waals surface area contributed by atoms with Crippen LogP contribution in [-0.4, -0.2) is 22.4 Å². The molecule has 0 unspecified atom stereocenters. The van der Waals surface area contributed by atoms with Gasteiger partial charge >= 0.3 is 0 Å². The molecule has 0 spiro atoms. The Labute approximate surface area is 106 Å². The van der Waals surface area contributed by atoms with Crippen LogP contribution < -0.4 is 0 Å². The molecule has 0 amide bonds. The molecule has 0 saturated heterocycles. The van der Waals surface area contributed by atoms with E-state index in [0.717, 1.165) is 0 Å². The van der Waals surface area contributed by atoms with Crippen molar-refractivity contribution in [3.05, 3.63) is 70.8 Å². The van der Waals surface area contributed by atoms with E-state index < -0.39 is 12.2 Å². The van der Waals surface area contributed by atoms with Crippen molar-refractivity contribution >= 4 is 0 Å². The summed E-state index contributed by atoms with van der Waals surface area (Å²) >= 11 is 0. The molecule has 5 rings (SSSR count). The molecule has 2 nitrogen and oxygen atoms in total. The van der Waals surface area contributed by atoms with Gasteiger partial charge in [-0.1, -0.05) is 48.5 Å². The van der Waals surface area contributed by atoms with Crippen LogP contribution in [0.2, 0.25) is 0 Å². The van der Waals surface area contributed by atoms with Gasteiger partial charge in [0, 0.05) is 11.8 Å². The third-order valence-electron chi connectivity index (χ3n) is 4.37. The molecular weight excluding hydrogens is 224 g/mol. The van der Waals surface area contributed by atoms with Gasteiger partial charge in [-0.2, -0.15) is 0 Å². The lowest BCUT2D eigenvalue weighted by atomic mass is 9.61. The van der Waals surface area contributed by atoms with E-state index >= 15 is 0 Å². The summed E-state index contributed by atoms with van der Waals surface area (Å²) in [6.07, 6.45) is -1.39. The quantitative estimate of drug-likeness (QED) is 0.737. The second kappa shape index (κ2) is 3.44. The number of fused-ring (bicyclic) bond motifs is 1. The fraction of sp³-hybridized carbons (Fsp3) is 0.250. The Hall–Kier alpha value is -1.64. The standard InChI is InChI=1S/C16H14O2/c17-15-13-9-5-1-2-6-10(9)14(16(15)18)12-8-4-3-7-11(12)13/h1-8,13-18H/t13?,14?,15-,16-/m1/s1. The second-order valence-corrected chi connectivity index (χ2v) is 5.19. The van der Waals surface area contributed by atoms with Gasteiger partial charge < -0.3 is 10.2 Å². The monoisotopic (exact) mass is 238 g/mol. The minimum Gasteiger partial charge on any atom is -0.389 e. The van der Waals surface area contributed by atoms with Gasteiger partial charge in [0.1, 0.15) is 0 Å². The Balaban J connectivity index is 2.06. The largest absolute Gasteiger partial charge is 0.389 e. The normalized spacial score (nSPS) is 31.9. The number of rotatable bonds is 0. The van der Waals surface area contributed by atoms with Gasteiger partial charge in [-0.3, -0.25) is 0 Å². The highest BCUT2D eigenvalue weighted by molar-refractivity contribution is 5.57. The zero-order valence-corrected chi connectivity index (χ0v) is 9.82. The first-order valence-corrected chi connectivity index (χ1v) is 6.33. The zero-order valence-electron chi connectivity index (χ0n) is 9.82. The van der Waals surface area contributed by atoms with Crippen molar-refractivity contribution < 1.29 is 10.2 Å². The summed E-state index contributed by atoms with van der Waals surface area (Å²) in [6.45, 7) is 0. The molecule has 2 N–H and O–H groups in total. The summed E-state index contributed by atoms with van der Waals surface area (Å²) in [6, 6.07) is 16.3. The Morgan fingerprint density at radius 3 is 1.11 bits per heavy atom. The second-order valence-electron chi connectivity index (χ2n) is 5.19. The fourth-order valence-corrected chi connectivity index (χ4v) is 3.62. The van der Waals surface area contributed by atoms with Gasteiger partial charge in [-0.05, 0) is 22.3 Å². The first-order chi connectivity index (χ1) is 8.79. The molecule has 0 heterocycles. The molecule has 3 aliphatic carbocycles. The minimum absolute atomic E-state index is 0.0857. The van der Waals surface area contributed by atoms with Crippen molar-refractivity contribution in [1.29, 1.82) is 0 Å². The van der Waals surface area contributed by atoms with Crippen LogP contribution in [0.5, 0.6) is 0 Å². The molecule has 0 radical (unpaired) electrons. The smallest absolute Gasteiger partial charge is 0.0917 e. The van der Waals surface area contributed by atoms with E-state index in [1.165, 1.54) is 22.3 Å². The van der Waals surface area contributed by atoms with Gasteiger partial charge in [0.15, 0.2) is 0 Å². The van der Waals surface area contributed by atoms with Crippen LogP contribution >= 0.6 is 0 Å². The summed E-state index contributed by atoms with van der Waals surface area (Å²) in [7, 11) is 0. The summed E-state index contributed by atoms with van der Waals surface area (Å²) < 4.78 is 0. The molecule has 3 aliphatic rings. The topological polar surface area (TPSA) is 40.5 Å². The van der Waals surface area contributed by atoms with E-state index in [1.54, 1.807) is 0 Å². The van der Waals surface area contributed by atoms with E-state index in [2.05, 4.69) is 24.3 Å². The molecule has 2 atom stereocenters. The third-order valence-corrected chi connectivity index (χ3v) is 4.37. The van der Waals surface area contributed by atoms with Crippen molar-refractivity contribution in [3.8, 4) is 0 Å². The lowest BCUT2D eigenvalue weighted by molar-refractivity contribution is -0.0154. The molecule has 0 saturated carbocycles. The van der Waals surface area contributed by atoms with Crippen LogP contribution in [0.3, 0.4) is 0 Å². The average Bonchev–Trinajstić information content (AvgIpc) is 2.42. The summed E-state index contributed by atoms with van der Waals surface area (Å²) in [5.41, 5.74) is 4.66. The molecular formula is C16H14O2. The Morgan fingerprint density at radius 1 is 0.556 bits per heavy atom. The fourth-order valence-electron chi connectivity index (χ4n) is 3.62. The number of aliphatic hydroxyl groups excluding tert-OH is 2. The summed E-state index contributed by atoms with van der Waals surface area (Å²) in [5.74, 6) is -0.171. The highest BCUT2D eigenvalue weighted by Gasteiger charge is 2.48. The predicted molar refractivity (Wildman–Crippen MR) is 68.6 cm³/mol. The van der Waals surface area contributed by atoms with Crippen molar-refractivity contribution in [2.45, 2.75) is 24.0 Å². The Bertz CT molecular complexity index is 518. The SMILES string of the molecule is O[C@@H]1C2c3ccccc3C(c3ccccc32)[C@H]1O.